The van der Waals surface area contributed by atoms with E-state index in [4.69, 9.17) is 39.9 Å². The number of nitrogens with zero attached hydrogens (tertiary/aromatic N) is 2. The van der Waals surface area contributed by atoms with Crippen molar-refractivity contribution in [2.24, 2.45) is 0 Å². The van der Waals surface area contributed by atoms with Gasteiger partial charge in [-0.3, -0.25) is 0 Å². The number of benzene rings is 2. The third-order valence-corrected chi connectivity index (χ3v) is 5.26. The number of nitrogens with one attached hydrogen (secondary N) is 1. The van der Waals surface area contributed by atoms with Crippen molar-refractivity contribution in [2.45, 2.75) is 19.3 Å². The van der Waals surface area contributed by atoms with Gasteiger partial charge in [0.15, 0.2) is 0 Å². The van der Waals surface area contributed by atoms with Crippen molar-refractivity contribution in [2.75, 3.05) is 11.9 Å². The summed E-state index contributed by atoms with van der Waals surface area (Å²) >= 11 is 18.9. The van der Waals surface area contributed by atoms with Gasteiger partial charge < -0.3 is 5.32 Å². The zero-order valence-electron chi connectivity index (χ0n) is 13.4. The maximum absolute atomic E-state index is 6.45. The average molecular weight is 393 g/mol. The number of hydrogen-bond donors (Lipinski definition) is 1. The van der Waals surface area contributed by atoms with Crippen molar-refractivity contribution in [3.05, 3.63) is 63.1 Å². The van der Waals surface area contributed by atoms with Gasteiger partial charge in [-0.1, -0.05) is 46.9 Å². The largest absolute Gasteiger partial charge is 0.370 e. The molecule has 0 amide bonds. The van der Waals surface area contributed by atoms with E-state index in [2.05, 4.69) is 5.32 Å². The molecule has 0 atom stereocenters. The highest BCUT2D eigenvalue weighted by Gasteiger charge is 2.23. The van der Waals surface area contributed by atoms with E-state index in [1.165, 1.54) is 5.56 Å². The second-order valence-electron chi connectivity index (χ2n) is 6.05. The molecule has 3 aromatic rings. The lowest BCUT2D eigenvalue weighted by Gasteiger charge is -2.10. The van der Waals surface area contributed by atoms with E-state index in [-0.39, 0.29) is 0 Å². The molecule has 0 saturated carbocycles. The maximum Gasteiger partial charge on any atom is 0.133 e. The number of halogens is 3. The summed E-state index contributed by atoms with van der Waals surface area (Å²) in [7, 11) is 0. The van der Waals surface area contributed by atoms with Crippen LogP contribution in [0.2, 0.25) is 15.1 Å². The standard InChI is InChI=1S/C19H16Cl3N3/c20-12-8-9-13(16(22)11-12)18-14-5-3-4-10-23-19(14)25(24-18)17-7-2-1-6-15(17)21/h1-2,6-9,11,23H,3-5,10H2. The van der Waals surface area contributed by atoms with Crippen LogP contribution in [0.5, 0.6) is 0 Å². The summed E-state index contributed by atoms with van der Waals surface area (Å²) in [4.78, 5) is 0. The highest BCUT2D eigenvalue weighted by molar-refractivity contribution is 6.36. The van der Waals surface area contributed by atoms with Crippen LogP contribution >= 0.6 is 34.8 Å². The second kappa shape index (κ2) is 6.91. The lowest BCUT2D eigenvalue weighted by molar-refractivity contribution is 0.780. The molecule has 25 heavy (non-hydrogen) atoms. The van der Waals surface area contributed by atoms with Crippen LogP contribution in [0.15, 0.2) is 42.5 Å². The molecular formula is C19H16Cl3N3. The first-order valence-electron chi connectivity index (χ1n) is 8.21. The minimum atomic E-state index is 0.600. The molecule has 1 N–H and O–H groups in total. The Morgan fingerprint density at radius 1 is 0.960 bits per heavy atom. The molecule has 0 radical (unpaired) electrons. The van der Waals surface area contributed by atoms with E-state index in [0.29, 0.717) is 15.1 Å². The molecule has 4 rings (SSSR count). The Balaban J connectivity index is 1.95. The van der Waals surface area contributed by atoms with Gasteiger partial charge in [0, 0.05) is 22.7 Å². The van der Waals surface area contributed by atoms with E-state index in [0.717, 1.165) is 48.6 Å². The Morgan fingerprint density at radius 2 is 1.80 bits per heavy atom. The van der Waals surface area contributed by atoms with Crippen LogP contribution in [0.25, 0.3) is 16.9 Å². The summed E-state index contributed by atoms with van der Waals surface area (Å²) in [5, 5.41) is 10.3. The van der Waals surface area contributed by atoms with Gasteiger partial charge in [-0.25, -0.2) is 4.68 Å². The molecule has 2 aromatic carbocycles. The quantitative estimate of drug-likeness (QED) is 0.559. The molecule has 1 aliphatic rings. The predicted molar refractivity (Wildman–Crippen MR) is 105 cm³/mol. The van der Waals surface area contributed by atoms with Crippen molar-refractivity contribution >= 4 is 40.6 Å². The van der Waals surface area contributed by atoms with E-state index >= 15 is 0 Å². The van der Waals surface area contributed by atoms with Crippen molar-refractivity contribution in [1.82, 2.24) is 9.78 Å². The van der Waals surface area contributed by atoms with Crippen LogP contribution < -0.4 is 5.32 Å². The van der Waals surface area contributed by atoms with Crippen molar-refractivity contribution < 1.29 is 0 Å². The predicted octanol–water partition coefficient (Wildman–Crippen LogP) is 6.25. The van der Waals surface area contributed by atoms with E-state index < -0.39 is 0 Å². The van der Waals surface area contributed by atoms with Gasteiger partial charge in [0.2, 0.25) is 0 Å². The lowest BCUT2D eigenvalue weighted by Crippen LogP contribution is -2.07. The third kappa shape index (κ3) is 3.12. The van der Waals surface area contributed by atoms with Crippen molar-refractivity contribution in [1.29, 1.82) is 0 Å². The van der Waals surface area contributed by atoms with E-state index in [1.807, 2.05) is 41.1 Å². The summed E-state index contributed by atoms with van der Waals surface area (Å²) in [6.45, 7) is 0.914. The lowest BCUT2D eigenvalue weighted by atomic mass is 10.0. The van der Waals surface area contributed by atoms with E-state index in [1.54, 1.807) is 6.07 Å². The maximum atomic E-state index is 6.45. The number of fused-ring (bicyclic) bond motifs is 1. The molecule has 1 aliphatic heterocycles. The molecule has 2 heterocycles. The molecule has 128 valence electrons. The third-order valence-electron chi connectivity index (χ3n) is 4.40. The van der Waals surface area contributed by atoms with Gasteiger partial charge in [0.05, 0.1) is 21.4 Å². The first-order chi connectivity index (χ1) is 12.1. The fourth-order valence-electron chi connectivity index (χ4n) is 3.20. The Labute approximate surface area is 161 Å². The highest BCUT2D eigenvalue weighted by atomic mass is 35.5. The number of anilines is 1. The molecule has 0 spiro atoms. The Bertz CT molecular complexity index is 934. The van der Waals surface area contributed by atoms with Gasteiger partial charge in [0.1, 0.15) is 5.82 Å². The first-order valence-corrected chi connectivity index (χ1v) is 9.34. The molecule has 1 aromatic heterocycles. The zero-order valence-corrected chi connectivity index (χ0v) is 15.7. The van der Waals surface area contributed by atoms with Crippen LogP contribution in [0.4, 0.5) is 5.82 Å². The molecule has 3 nitrogen and oxygen atoms in total. The molecule has 6 heteroatoms. The zero-order chi connectivity index (χ0) is 17.4. The van der Waals surface area contributed by atoms with Crippen LogP contribution in [0.1, 0.15) is 18.4 Å². The summed E-state index contributed by atoms with van der Waals surface area (Å²) in [5.41, 5.74) is 3.79. The Kier molecular flexibility index (Phi) is 4.63. The molecule has 0 fully saturated rings. The van der Waals surface area contributed by atoms with Gasteiger partial charge in [-0.05, 0) is 49.6 Å². The fraction of sp³-hybridized carbons (Fsp3) is 0.211. The summed E-state index contributed by atoms with van der Waals surface area (Å²) in [6.07, 6.45) is 3.17. The van der Waals surface area contributed by atoms with Gasteiger partial charge in [-0.15, -0.1) is 0 Å². The van der Waals surface area contributed by atoms with Gasteiger partial charge >= 0.3 is 0 Å². The fourth-order valence-corrected chi connectivity index (χ4v) is 3.91. The summed E-state index contributed by atoms with van der Waals surface area (Å²) in [5.74, 6) is 0.992. The Hall–Kier alpha value is -1.68. The topological polar surface area (TPSA) is 29.9 Å². The first kappa shape index (κ1) is 16.8. The van der Waals surface area contributed by atoms with Crippen LogP contribution in [0, 0.1) is 0 Å². The molecule has 0 aliphatic carbocycles. The smallest absolute Gasteiger partial charge is 0.133 e. The Morgan fingerprint density at radius 3 is 2.60 bits per heavy atom. The molecule has 0 saturated heterocycles. The number of para-hydroxylation sites is 1. The normalized spacial score (nSPS) is 13.9. The highest BCUT2D eigenvalue weighted by Crippen LogP contribution is 2.38. The van der Waals surface area contributed by atoms with Crippen LogP contribution in [-0.4, -0.2) is 16.3 Å². The summed E-state index contributed by atoms with van der Waals surface area (Å²) in [6, 6.07) is 13.2. The molecule has 0 bridgehead atoms. The number of aromatic nitrogens is 2. The SMILES string of the molecule is Clc1ccc(-c2nn(-c3ccccc3Cl)c3c2CCCCN3)c(Cl)c1. The van der Waals surface area contributed by atoms with Gasteiger partial charge in [0.25, 0.3) is 0 Å². The van der Waals surface area contributed by atoms with Crippen molar-refractivity contribution in [3.8, 4) is 16.9 Å². The monoisotopic (exact) mass is 391 g/mol. The minimum absolute atomic E-state index is 0.600. The minimum Gasteiger partial charge on any atom is -0.370 e. The van der Waals surface area contributed by atoms with E-state index in [9.17, 15) is 0 Å². The second-order valence-corrected chi connectivity index (χ2v) is 7.30. The summed E-state index contributed by atoms with van der Waals surface area (Å²) < 4.78 is 1.89. The molecule has 0 unspecified atom stereocenters. The van der Waals surface area contributed by atoms with Crippen LogP contribution in [0.3, 0.4) is 0 Å². The molecular weight excluding hydrogens is 377 g/mol. The van der Waals surface area contributed by atoms with Crippen molar-refractivity contribution in [3.63, 3.8) is 0 Å². The van der Waals surface area contributed by atoms with Crippen LogP contribution in [-0.2, 0) is 6.42 Å². The number of hydrogen-bond acceptors (Lipinski definition) is 2. The average Bonchev–Trinajstić information content (AvgIpc) is 2.78. The number of rotatable bonds is 2. The van der Waals surface area contributed by atoms with Gasteiger partial charge in [-0.2, -0.15) is 5.10 Å².